The molecule has 1 N–H and O–H groups in total. The van der Waals surface area contributed by atoms with Crippen molar-refractivity contribution >= 4 is 5.91 Å². The van der Waals surface area contributed by atoms with E-state index in [4.69, 9.17) is 0 Å². The first-order chi connectivity index (χ1) is 9.75. The maximum absolute atomic E-state index is 12.4. The number of carbonyl (C=O) groups is 1. The van der Waals surface area contributed by atoms with Crippen LogP contribution in [-0.2, 0) is 19.3 Å². The van der Waals surface area contributed by atoms with Gasteiger partial charge in [0, 0.05) is 43.2 Å². The summed E-state index contributed by atoms with van der Waals surface area (Å²) in [5, 5.41) is 7.17. The molecule has 1 aliphatic rings. The molecule has 3 rings (SSSR count). The summed E-state index contributed by atoms with van der Waals surface area (Å²) in [6.07, 6.45) is 5.61. The lowest BCUT2D eigenvalue weighted by atomic mass is 10.2. The summed E-state index contributed by atoms with van der Waals surface area (Å²) in [5.74, 6) is 0.000307. The number of hydrogen-bond donors (Lipinski definition) is 1. The van der Waals surface area contributed by atoms with E-state index in [1.807, 2.05) is 25.2 Å². The number of H-pyrrole nitrogens is 1. The Morgan fingerprint density at radius 2 is 2.30 bits per heavy atom. The van der Waals surface area contributed by atoms with Crippen molar-refractivity contribution in [1.82, 2.24) is 20.1 Å². The van der Waals surface area contributed by atoms with Gasteiger partial charge in [-0.2, -0.15) is 5.10 Å². The number of amides is 1. The minimum absolute atomic E-state index is 0.000307. The van der Waals surface area contributed by atoms with Gasteiger partial charge in [0.25, 0.3) is 5.91 Å². The average molecular weight is 270 g/mol. The fraction of sp³-hybridized carbons (Fsp3) is 0.400. The van der Waals surface area contributed by atoms with Crippen molar-refractivity contribution in [2.45, 2.75) is 25.7 Å². The van der Waals surface area contributed by atoms with E-state index in [9.17, 15) is 4.79 Å². The zero-order valence-electron chi connectivity index (χ0n) is 11.6. The van der Waals surface area contributed by atoms with Gasteiger partial charge in [-0.1, -0.05) is 6.07 Å². The topological polar surface area (TPSA) is 61.9 Å². The molecule has 0 atom stereocenters. The van der Waals surface area contributed by atoms with Crippen LogP contribution in [0.15, 0.2) is 24.4 Å². The van der Waals surface area contributed by atoms with Crippen LogP contribution in [0, 0.1) is 0 Å². The lowest BCUT2D eigenvalue weighted by Gasteiger charge is -2.16. The summed E-state index contributed by atoms with van der Waals surface area (Å²) in [4.78, 5) is 18.4. The van der Waals surface area contributed by atoms with Crippen LogP contribution in [0.3, 0.4) is 0 Å². The Morgan fingerprint density at radius 1 is 1.40 bits per heavy atom. The Hall–Kier alpha value is -2.17. The Kier molecular flexibility index (Phi) is 3.50. The molecule has 0 bridgehead atoms. The summed E-state index contributed by atoms with van der Waals surface area (Å²) in [6.45, 7) is 0.650. The van der Waals surface area contributed by atoms with Gasteiger partial charge in [0.2, 0.25) is 0 Å². The van der Waals surface area contributed by atoms with E-state index in [1.165, 1.54) is 0 Å². The molecule has 0 radical (unpaired) electrons. The largest absolute Gasteiger partial charge is 0.340 e. The quantitative estimate of drug-likeness (QED) is 0.918. The first kappa shape index (κ1) is 12.8. The Labute approximate surface area is 118 Å². The van der Waals surface area contributed by atoms with E-state index >= 15 is 0 Å². The zero-order valence-corrected chi connectivity index (χ0v) is 11.6. The minimum Gasteiger partial charge on any atom is -0.340 e. The predicted molar refractivity (Wildman–Crippen MR) is 75.5 cm³/mol. The van der Waals surface area contributed by atoms with Gasteiger partial charge in [0.1, 0.15) is 0 Å². The lowest BCUT2D eigenvalue weighted by molar-refractivity contribution is 0.0789. The number of hydrogen-bond acceptors (Lipinski definition) is 3. The maximum atomic E-state index is 12.4. The van der Waals surface area contributed by atoms with Crippen molar-refractivity contribution < 1.29 is 4.79 Å². The maximum Gasteiger partial charge on any atom is 0.274 e. The van der Waals surface area contributed by atoms with Crippen LogP contribution in [0.4, 0.5) is 0 Å². The Morgan fingerprint density at radius 3 is 3.10 bits per heavy atom. The average Bonchev–Trinajstić information content (AvgIpc) is 3.08. The van der Waals surface area contributed by atoms with Gasteiger partial charge in [-0.3, -0.25) is 14.9 Å². The molecule has 20 heavy (non-hydrogen) atoms. The van der Waals surface area contributed by atoms with Crippen LogP contribution in [0.25, 0.3) is 0 Å². The SMILES string of the molecule is CN(CCc1ccccn1)C(=O)c1n[nH]c2c1CCC2. The van der Waals surface area contributed by atoms with Crippen molar-refractivity contribution in [2.75, 3.05) is 13.6 Å². The van der Waals surface area contributed by atoms with Crippen molar-refractivity contribution in [3.63, 3.8) is 0 Å². The van der Waals surface area contributed by atoms with E-state index in [0.29, 0.717) is 12.2 Å². The van der Waals surface area contributed by atoms with Crippen molar-refractivity contribution in [1.29, 1.82) is 0 Å². The van der Waals surface area contributed by atoms with Crippen LogP contribution in [0.5, 0.6) is 0 Å². The third-order valence-corrected chi connectivity index (χ3v) is 3.79. The summed E-state index contributed by atoms with van der Waals surface area (Å²) < 4.78 is 0. The second-order valence-corrected chi connectivity index (χ2v) is 5.18. The molecule has 0 saturated heterocycles. The van der Waals surface area contributed by atoms with Gasteiger partial charge in [-0.15, -0.1) is 0 Å². The molecule has 5 nitrogen and oxygen atoms in total. The predicted octanol–water partition coefficient (Wildman–Crippen LogP) is 1.61. The zero-order chi connectivity index (χ0) is 13.9. The number of likely N-dealkylation sites (N-methyl/N-ethyl adjacent to an activating group) is 1. The van der Waals surface area contributed by atoms with Gasteiger partial charge < -0.3 is 4.90 Å². The lowest BCUT2D eigenvalue weighted by Crippen LogP contribution is -2.30. The van der Waals surface area contributed by atoms with E-state index in [2.05, 4.69) is 15.2 Å². The highest BCUT2D eigenvalue weighted by Gasteiger charge is 2.24. The number of aryl methyl sites for hydroxylation is 1. The molecule has 0 aromatic carbocycles. The molecule has 0 unspecified atom stereocenters. The molecule has 0 fully saturated rings. The van der Waals surface area contributed by atoms with Crippen molar-refractivity contribution in [2.24, 2.45) is 0 Å². The highest BCUT2D eigenvalue weighted by molar-refractivity contribution is 5.94. The number of nitrogens with zero attached hydrogens (tertiary/aromatic N) is 3. The normalized spacial score (nSPS) is 13.2. The molecule has 0 aliphatic heterocycles. The van der Waals surface area contributed by atoms with Gasteiger partial charge in [-0.25, -0.2) is 0 Å². The van der Waals surface area contributed by atoms with Crippen LogP contribution < -0.4 is 0 Å². The number of fused-ring (bicyclic) bond motifs is 1. The van der Waals surface area contributed by atoms with Crippen LogP contribution in [0.1, 0.15) is 33.9 Å². The van der Waals surface area contributed by atoms with Gasteiger partial charge in [0.05, 0.1) is 0 Å². The molecule has 1 aliphatic carbocycles. The monoisotopic (exact) mass is 270 g/mol. The molecule has 2 heterocycles. The minimum atomic E-state index is 0.000307. The van der Waals surface area contributed by atoms with Gasteiger partial charge in [-0.05, 0) is 31.4 Å². The fourth-order valence-corrected chi connectivity index (χ4v) is 2.61. The number of carbonyl (C=O) groups excluding carboxylic acids is 1. The molecule has 104 valence electrons. The molecule has 1 amide bonds. The van der Waals surface area contributed by atoms with Crippen LogP contribution >= 0.6 is 0 Å². The van der Waals surface area contributed by atoms with Gasteiger partial charge >= 0.3 is 0 Å². The highest BCUT2D eigenvalue weighted by atomic mass is 16.2. The highest BCUT2D eigenvalue weighted by Crippen LogP contribution is 2.23. The second-order valence-electron chi connectivity index (χ2n) is 5.18. The number of pyridine rings is 1. The van der Waals surface area contributed by atoms with E-state index in [1.54, 1.807) is 11.1 Å². The van der Waals surface area contributed by atoms with E-state index in [0.717, 1.165) is 42.6 Å². The van der Waals surface area contributed by atoms with Crippen LogP contribution in [-0.4, -0.2) is 39.6 Å². The molecular weight excluding hydrogens is 252 g/mol. The van der Waals surface area contributed by atoms with Crippen molar-refractivity contribution in [3.05, 3.63) is 47.0 Å². The second kappa shape index (κ2) is 5.45. The number of aromatic amines is 1. The standard InChI is InChI=1S/C15H18N4O/c1-19(10-8-11-5-2-3-9-16-11)15(20)14-12-6-4-7-13(12)17-18-14/h2-3,5,9H,4,6-8,10H2,1H3,(H,17,18). The summed E-state index contributed by atoms with van der Waals surface area (Å²) in [6, 6.07) is 5.83. The fourth-order valence-electron chi connectivity index (χ4n) is 2.61. The Bertz CT molecular complexity index is 606. The Balaban J connectivity index is 1.65. The van der Waals surface area contributed by atoms with E-state index < -0.39 is 0 Å². The molecule has 0 spiro atoms. The van der Waals surface area contributed by atoms with E-state index in [-0.39, 0.29) is 5.91 Å². The molecule has 2 aromatic rings. The third-order valence-electron chi connectivity index (χ3n) is 3.79. The molecular formula is C15H18N4O. The summed E-state index contributed by atoms with van der Waals surface area (Å²) >= 11 is 0. The smallest absolute Gasteiger partial charge is 0.274 e. The molecule has 0 saturated carbocycles. The molecule has 2 aromatic heterocycles. The van der Waals surface area contributed by atoms with Gasteiger partial charge in [0.15, 0.2) is 5.69 Å². The third kappa shape index (κ3) is 2.43. The molecule has 5 heteroatoms. The first-order valence-electron chi connectivity index (χ1n) is 6.97. The number of aromatic nitrogens is 3. The summed E-state index contributed by atoms with van der Waals surface area (Å²) in [5.41, 5.74) is 3.84. The summed E-state index contributed by atoms with van der Waals surface area (Å²) in [7, 11) is 1.82. The van der Waals surface area contributed by atoms with Crippen LogP contribution in [0.2, 0.25) is 0 Å². The number of rotatable bonds is 4. The van der Waals surface area contributed by atoms with Crippen molar-refractivity contribution in [3.8, 4) is 0 Å². The first-order valence-corrected chi connectivity index (χ1v) is 6.97. The number of nitrogens with one attached hydrogen (secondary N) is 1.